The van der Waals surface area contributed by atoms with Gasteiger partial charge in [-0.1, -0.05) is 178 Å². The molecule has 4 atom stereocenters. The van der Waals surface area contributed by atoms with E-state index in [1.807, 2.05) is 107 Å². The van der Waals surface area contributed by atoms with Crippen molar-refractivity contribution in [3.8, 4) is 0 Å². The molecule has 294 valence electrons. The molecule has 0 fully saturated rings. The largest absolute Gasteiger partial charge is 0.481 e. The molecule has 0 aromatic rings. The van der Waals surface area contributed by atoms with E-state index in [0.29, 0.717) is 0 Å². The van der Waals surface area contributed by atoms with Crippen LogP contribution in [0.3, 0.4) is 0 Å². The van der Waals surface area contributed by atoms with E-state index < -0.39 is 79.0 Å². The molecule has 4 aliphatic carbocycles. The summed E-state index contributed by atoms with van der Waals surface area (Å²) < 4.78 is 0. The zero-order valence-corrected chi connectivity index (χ0v) is 34.3. The third kappa shape index (κ3) is 7.29. The summed E-state index contributed by atoms with van der Waals surface area (Å²) in [7, 11) is 0. The van der Waals surface area contributed by atoms with E-state index in [-0.39, 0.29) is 25.7 Å². The van der Waals surface area contributed by atoms with Crippen molar-refractivity contribution < 1.29 is 39.6 Å². The fourth-order valence-corrected chi connectivity index (χ4v) is 9.22. The Hall–Kier alpha value is -4.20. The van der Waals surface area contributed by atoms with Gasteiger partial charge in [-0.2, -0.15) is 0 Å². The molecule has 0 saturated heterocycles. The zero-order chi connectivity index (χ0) is 41.1. The van der Waals surface area contributed by atoms with E-state index in [9.17, 15) is 39.6 Å². The Kier molecular flexibility index (Phi) is 10.9. The number of carbonyl (C=O) groups is 4. The molecule has 0 radical (unpaired) electrons. The van der Waals surface area contributed by atoms with Gasteiger partial charge in [-0.15, -0.1) is 0 Å². The van der Waals surface area contributed by atoms with Crippen LogP contribution in [0.2, 0.25) is 0 Å². The van der Waals surface area contributed by atoms with Crippen molar-refractivity contribution >= 4 is 23.9 Å². The third-order valence-corrected chi connectivity index (χ3v) is 12.7. The number of carboxylic acid groups (broad SMARTS) is 4. The van der Waals surface area contributed by atoms with Crippen molar-refractivity contribution in [2.45, 2.75) is 109 Å². The first kappa shape index (κ1) is 42.5. The Bertz CT molecular complexity index is 1570. The summed E-state index contributed by atoms with van der Waals surface area (Å²) in [5, 5.41) is 47.1. The Morgan fingerprint density at radius 3 is 0.704 bits per heavy atom. The molecule has 0 aromatic heterocycles. The molecule has 0 saturated carbocycles. The van der Waals surface area contributed by atoms with Crippen molar-refractivity contribution in [3.63, 3.8) is 0 Å². The molecular weight excluding hydrogens is 680 g/mol. The first-order valence-corrected chi connectivity index (χ1v) is 19.0. The average Bonchev–Trinajstić information content (AvgIpc) is 3.05. The van der Waals surface area contributed by atoms with Gasteiger partial charge in [0.2, 0.25) is 0 Å². The topological polar surface area (TPSA) is 149 Å². The lowest BCUT2D eigenvalue weighted by molar-refractivity contribution is -0.185. The van der Waals surface area contributed by atoms with Gasteiger partial charge in [-0.3, -0.25) is 19.2 Å². The van der Waals surface area contributed by atoms with Crippen LogP contribution in [0.1, 0.15) is 109 Å². The van der Waals surface area contributed by atoms with Crippen LogP contribution in [0, 0.1) is 55.2 Å². The van der Waals surface area contributed by atoms with E-state index >= 15 is 0 Å². The van der Waals surface area contributed by atoms with Crippen LogP contribution in [-0.2, 0) is 19.2 Å². The molecule has 4 aliphatic rings. The predicted octanol–water partition coefficient (Wildman–Crippen LogP) is 10.2. The molecule has 0 spiro atoms. The number of allylic oxidation sites excluding steroid dienone is 12. The summed E-state index contributed by atoms with van der Waals surface area (Å²) in [4.78, 5) is 57.9. The highest BCUT2D eigenvalue weighted by Gasteiger charge is 2.71. The molecule has 0 bridgehead atoms. The predicted molar refractivity (Wildman–Crippen MR) is 212 cm³/mol. The summed E-state index contributed by atoms with van der Waals surface area (Å²) in [5.41, 5.74) is -7.44. The van der Waals surface area contributed by atoms with Crippen LogP contribution < -0.4 is 0 Å². The quantitative estimate of drug-likeness (QED) is 0.182. The summed E-state index contributed by atoms with van der Waals surface area (Å²) in [5.74, 6) is -8.53. The fourth-order valence-electron chi connectivity index (χ4n) is 9.22. The van der Waals surface area contributed by atoms with E-state index in [0.717, 1.165) is 22.3 Å². The van der Waals surface area contributed by atoms with Gasteiger partial charge in [0.25, 0.3) is 0 Å². The Balaban J connectivity index is 2.33. The SMILES string of the molecule is CC(C)(C)C1=CC=CC(C(=O)O)(C(C(C2(C(=O)O)C=CC=C(C(C)(C)C)C2)C2(C(=O)O)C=CC=C(C(C)(C)C)C2)C2(C(=O)O)C=CC=C(C(C)(C)C)C2)C1. The fraction of sp³-hybridized carbons (Fsp3) is 0.565. The van der Waals surface area contributed by atoms with Crippen LogP contribution in [0.15, 0.2) is 95.2 Å². The first-order valence-electron chi connectivity index (χ1n) is 19.0. The highest BCUT2D eigenvalue weighted by atomic mass is 16.4. The van der Waals surface area contributed by atoms with E-state index in [1.165, 1.54) is 24.3 Å². The van der Waals surface area contributed by atoms with Crippen LogP contribution >= 0.6 is 0 Å². The molecule has 8 heteroatoms. The van der Waals surface area contributed by atoms with Crippen molar-refractivity contribution in [1.82, 2.24) is 0 Å². The zero-order valence-electron chi connectivity index (χ0n) is 34.3. The maximum absolute atomic E-state index is 14.5. The monoisotopic (exact) mass is 742 g/mol. The summed E-state index contributed by atoms with van der Waals surface area (Å²) >= 11 is 0. The highest BCUT2D eigenvalue weighted by Crippen LogP contribution is 2.67. The van der Waals surface area contributed by atoms with Crippen LogP contribution in [-0.4, -0.2) is 44.3 Å². The van der Waals surface area contributed by atoms with Crippen molar-refractivity contribution in [1.29, 1.82) is 0 Å². The molecule has 0 heterocycles. The van der Waals surface area contributed by atoms with E-state index in [1.54, 1.807) is 24.3 Å². The second-order valence-corrected chi connectivity index (χ2v) is 20.2. The molecular formula is C46H62O8. The standard InChI is InChI=1S/C46H62O8/c1-39(2,3)29-17-13-21-43(25-29,35(47)48)33(44(36(49)50)22-14-18-30(26-44)40(4,5)6)34(45(37(51)52)23-15-19-31(27-45)41(7,8)9)46(38(53)54)24-16-20-32(28-46)42(10,11)12/h13-24,33-34H,25-28H2,1-12H3,(H,47,48)(H,49,50)(H,51,52)(H,53,54). The first-order chi connectivity index (χ1) is 24.5. The minimum Gasteiger partial charge on any atom is -0.481 e. The number of aliphatic carboxylic acids is 4. The number of hydrogen-bond donors (Lipinski definition) is 4. The van der Waals surface area contributed by atoms with Crippen molar-refractivity contribution in [2.75, 3.05) is 0 Å². The van der Waals surface area contributed by atoms with E-state index in [4.69, 9.17) is 0 Å². The lowest BCUT2D eigenvalue weighted by Crippen LogP contribution is -2.64. The van der Waals surface area contributed by atoms with E-state index in [2.05, 4.69) is 0 Å². The van der Waals surface area contributed by atoms with Gasteiger partial charge >= 0.3 is 23.9 Å². The lowest BCUT2D eigenvalue weighted by Gasteiger charge is -2.59. The maximum atomic E-state index is 14.5. The average molecular weight is 743 g/mol. The number of rotatable bonds is 9. The number of hydrogen-bond acceptors (Lipinski definition) is 4. The van der Waals surface area contributed by atoms with Crippen molar-refractivity contribution in [3.05, 3.63) is 95.2 Å². The minimum absolute atomic E-state index is 0.135. The van der Waals surface area contributed by atoms with Gasteiger partial charge in [0.1, 0.15) is 0 Å². The van der Waals surface area contributed by atoms with Gasteiger partial charge in [0.05, 0.1) is 21.7 Å². The molecule has 4 unspecified atom stereocenters. The molecule has 4 rings (SSSR count). The Morgan fingerprint density at radius 1 is 0.407 bits per heavy atom. The van der Waals surface area contributed by atoms with Gasteiger partial charge in [0, 0.05) is 11.8 Å². The van der Waals surface area contributed by atoms with Gasteiger partial charge in [-0.05, 0) is 47.3 Å². The summed E-state index contributed by atoms with van der Waals surface area (Å²) in [6.45, 7) is 23.5. The van der Waals surface area contributed by atoms with Crippen molar-refractivity contribution in [2.24, 2.45) is 55.2 Å². The molecule has 0 amide bonds. The highest BCUT2D eigenvalue weighted by molar-refractivity contribution is 5.88. The lowest BCUT2D eigenvalue weighted by atomic mass is 9.41. The second-order valence-electron chi connectivity index (χ2n) is 20.2. The summed E-state index contributed by atoms with van der Waals surface area (Å²) in [6, 6.07) is 0. The molecule has 0 aliphatic heterocycles. The van der Waals surface area contributed by atoms with Crippen LogP contribution in [0.4, 0.5) is 0 Å². The third-order valence-electron chi connectivity index (χ3n) is 12.7. The molecule has 4 N–H and O–H groups in total. The number of carboxylic acids is 4. The van der Waals surface area contributed by atoms with Gasteiger partial charge in [-0.25, -0.2) is 0 Å². The van der Waals surface area contributed by atoms with Gasteiger partial charge < -0.3 is 20.4 Å². The Morgan fingerprint density at radius 2 is 0.574 bits per heavy atom. The molecule has 0 aromatic carbocycles. The minimum atomic E-state index is -2.05. The maximum Gasteiger partial charge on any atom is 0.314 e. The summed E-state index contributed by atoms with van der Waals surface area (Å²) in [6.07, 6.45) is 19.5. The second kappa shape index (κ2) is 13.8. The Labute approximate surface area is 321 Å². The van der Waals surface area contributed by atoms with Gasteiger partial charge in [0.15, 0.2) is 0 Å². The normalized spacial score (nSPS) is 30.1. The van der Waals surface area contributed by atoms with Crippen LogP contribution in [0.25, 0.3) is 0 Å². The smallest absolute Gasteiger partial charge is 0.314 e. The molecule has 8 nitrogen and oxygen atoms in total. The van der Waals surface area contributed by atoms with Crippen LogP contribution in [0.5, 0.6) is 0 Å². The molecule has 54 heavy (non-hydrogen) atoms.